The monoisotopic (exact) mass is 222 g/mol. The number of carbonyl (C=O) groups is 1. The molecule has 0 spiro atoms. The number of rotatable bonds is 6. The molecule has 0 saturated carbocycles. The van der Waals surface area contributed by atoms with Crippen LogP contribution in [0.3, 0.4) is 0 Å². The third-order valence-electron chi connectivity index (χ3n) is 1.77. The number of carbonyl (C=O) groups excluding carboxylic acids is 1. The second-order valence-electron chi connectivity index (χ2n) is 3.29. The summed E-state index contributed by atoms with van der Waals surface area (Å²) in [5.41, 5.74) is 5.45. The Morgan fingerprint density at radius 1 is 1.50 bits per heavy atom. The van der Waals surface area contributed by atoms with Crippen molar-refractivity contribution in [1.82, 2.24) is 5.32 Å². The lowest BCUT2D eigenvalue weighted by Crippen LogP contribution is -2.40. The van der Waals surface area contributed by atoms with E-state index in [9.17, 15) is 13.2 Å². The maximum Gasteiger partial charge on any atom is 0.236 e. The van der Waals surface area contributed by atoms with Crippen molar-refractivity contribution in [2.75, 3.05) is 18.6 Å². The van der Waals surface area contributed by atoms with Gasteiger partial charge in [-0.3, -0.25) is 4.79 Å². The van der Waals surface area contributed by atoms with Crippen LogP contribution in [0.25, 0.3) is 0 Å². The molecule has 84 valence electrons. The summed E-state index contributed by atoms with van der Waals surface area (Å²) < 4.78 is 21.5. The summed E-state index contributed by atoms with van der Waals surface area (Å²) in [4.78, 5) is 11.1. The lowest BCUT2D eigenvalue weighted by atomic mass is 10.2. The van der Waals surface area contributed by atoms with Gasteiger partial charge in [0.25, 0.3) is 0 Å². The molecular formula is C8H18N2O3S. The lowest BCUT2D eigenvalue weighted by molar-refractivity contribution is -0.122. The van der Waals surface area contributed by atoms with Crippen LogP contribution in [0.15, 0.2) is 0 Å². The molecule has 1 amide bonds. The highest BCUT2D eigenvalue weighted by atomic mass is 32.2. The Morgan fingerprint density at radius 2 is 2.07 bits per heavy atom. The van der Waals surface area contributed by atoms with Crippen LogP contribution in [0.4, 0.5) is 0 Å². The Labute approximate surface area is 85.0 Å². The molecular weight excluding hydrogens is 204 g/mol. The van der Waals surface area contributed by atoms with Crippen LogP contribution in [0.1, 0.15) is 19.8 Å². The van der Waals surface area contributed by atoms with Crippen LogP contribution in [-0.4, -0.2) is 38.9 Å². The van der Waals surface area contributed by atoms with E-state index in [0.29, 0.717) is 19.4 Å². The third kappa shape index (κ3) is 6.85. The van der Waals surface area contributed by atoms with Gasteiger partial charge in [0, 0.05) is 12.8 Å². The Kier molecular flexibility index (Phi) is 5.71. The molecule has 0 bridgehead atoms. The van der Waals surface area contributed by atoms with Crippen molar-refractivity contribution in [3.63, 3.8) is 0 Å². The van der Waals surface area contributed by atoms with Crippen molar-refractivity contribution in [3.05, 3.63) is 0 Å². The van der Waals surface area contributed by atoms with Gasteiger partial charge in [-0.15, -0.1) is 0 Å². The zero-order valence-electron chi connectivity index (χ0n) is 8.62. The van der Waals surface area contributed by atoms with Crippen LogP contribution in [0.2, 0.25) is 0 Å². The van der Waals surface area contributed by atoms with E-state index in [1.807, 2.05) is 6.92 Å². The van der Waals surface area contributed by atoms with Crippen molar-refractivity contribution in [3.8, 4) is 0 Å². The molecule has 0 aliphatic carbocycles. The van der Waals surface area contributed by atoms with Gasteiger partial charge in [0.1, 0.15) is 9.84 Å². The second-order valence-corrected chi connectivity index (χ2v) is 5.55. The lowest BCUT2D eigenvalue weighted by Gasteiger charge is -2.09. The minimum absolute atomic E-state index is 0.0919. The first-order valence-corrected chi connectivity index (χ1v) is 6.64. The SMILES string of the molecule is CC[C@H](N)C(=O)NCCCS(C)(=O)=O. The van der Waals surface area contributed by atoms with Crippen molar-refractivity contribution < 1.29 is 13.2 Å². The quantitative estimate of drug-likeness (QED) is 0.580. The van der Waals surface area contributed by atoms with Gasteiger partial charge in [-0.05, 0) is 12.8 Å². The highest BCUT2D eigenvalue weighted by Crippen LogP contribution is 1.89. The summed E-state index contributed by atoms with van der Waals surface area (Å²) in [6.07, 6.45) is 2.19. The molecule has 5 nitrogen and oxygen atoms in total. The van der Waals surface area contributed by atoms with E-state index in [-0.39, 0.29) is 11.7 Å². The van der Waals surface area contributed by atoms with E-state index in [4.69, 9.17) is 5.73 Å². The Bertz CT molecular complexity index is 274. The Morgan fingerprint density at radius 3 is 2.50 bits per heavy atom. The fourth-order valence-electron chi connectivity index (χ4n) is 0.862. The average molecular weight is 222 g/mol. The molecule has 0 aliphatic heterocycles. The van der Waals surface area contributed by atoms with Crippen LogP contribution >= 0.6 is 0 Å². The topological polar surface area (TPSA) is 89.3 Å². The second kappa shape index (κ2) is 5.98. The predicted octanol–water partition coefficient (Wildman–Crippen LogP) is -0.725. The van der Waals surface area contributed by atoms with E-state index in [1.165, 1.54) is 6.26 Å². The minimum Gasteiger partial charge on any atom is -0.355 e. The molecule has 3 N–H and O–H groups in total. The fraction of sp³-hybridized carbons (Fsp3) is 0.875. The summed E-state index contributed by atoms with van der Waals surface area (Å²) >= 11 is 0. The van der Waals surface area contributed by atoms with Crippen LogP contribution in [-0.2, 0) is 14.6 Å². The number of hydrogen-bond donors (Lipinski definition) is 2. The summed E-state index contributed by atoms with van der Waals surface area (Å²) in [6.45, 7) is 2.18. The number of hydrogen-bond acceptors (Lipinski definition) is 4. The summed E-state index contributed by atoms with van der Waals surface area (Å²) in [6, 6.07) is -0.492. The largest absolute Gasteiger partial charge is 0.355 e. The summed E-state index contributed by atoms with van der Waals surface area (Å²) in [5, 5.41) is 2.58. The molecule has 6 heteroatoms. The molecule has 0 aliphatic rings. The number of sulfone groups is 1. The normalized spacial score (nSPS) is 13.6. The molecule has 0 radical (unpaired) electrons. The molecule has 1 atom stereocenters. The zero-order chi connectivity index (χ0) is 11.2. The highest BCUT2D eigenvalue weighted by Gasteiger charge is 2.09. The van der Waals surface area contributed by atoms with Crippen molar-refractivity contribution in [1.29, 1.82) is 0 Å². The summed E-state index contributed by atoms with van der Waals surface area (Å²) in [5.74, 6) is -0.129. The van der Waals surface area contributed by atoms with E-state index >= 15 is 0 Å². The molecule has 0 aromatic heterocycles. The van der Waals surface area contributed by atoms with Gasteiger partial charge < -0.3 is 11.1 Å². The third-order valence-corrected chi connectivity index (χ3v) is 2.80. The van der Waals surface area contributed by atoms with Crippen molar-refractivity contribution in [2.24, 2.45) is 5.73 Å². The van der Waals surface area contributed by atoms with E-state index in [1.54, 1.807) is 0 Å². The van der Waals surface area contributed by atoms with E-state index in [0.717, 1.165) is 0 Å². The number of amides is 1. The molecule has 14 heavy (non-hydrogen) atoms. The zero-order valence-corrected chi connectivity index (χ0v) is 9.43. The van der Waals surface area contributed by atoms with Gasteiger partial charge in [0.15, 0.2) is 0 Å². The van der Waals surface area contributed by atoms with Gasteiger partial charge in [-0.1, -0.05) is 6.92 Å². The fourth-order valence-corrected chi connectivity index (χ4v) is 1.53. The molecule has 0 aromatic carbocycles. The van der Waals surface area contributed by atoms with Gasteiger partial charge in [-0.25, -0.2) is 8.42 Å². The van der Waals surface area contributed by atoms with E-state index < -0.39 is 15.9 Å². The van der Waals surface area contributed by atoms with Crippen LogP contribution < -0.4 is 11.1 Å². The first-order chi connectivity index (χ1) is 6.37. The molecule has 0 aromatic rings. The van der Waals surface area contributed by atoms with Gasteiger partial charge >= 0.3 is 0 Å². The maximum absolute atomic E-state index is 11.1. The minimum atomic E-state index is -2.93. The van der Waals surface area contributed by atoms with Gasteiger partial charge in [0.2, 0.25) is 5.91 Å². The number of nitrogens with one attached hydrogen (secondary N) is 1. The highest BCUT2D eigenvalue weighted by molar-refractivity contribution is 7.90. The molecule has 0 saturated heterocycles. The first-order valence-electron chi connectivity index (χ1n) is 4.58. The summed E-state index contributed by atoms with van der Waals surface area (Å²) in [7, 11) is -2.93. The first kappa shape index (κ1) is 13.4. The molecule has 0 heterocycles. The predicted molar refractivity (Wildman–Crippen MR) is 55.6 cm³/mol. The molecule has 0 unspecified atom stereocenters. The maximum atomic E-state index is 11.1. The van der Waals surface area contributed by atoms with Crippen LogP contribution in [0, 0.1) is 0 Å². The van der Waals surface area contributed by atoms with Crippen molar-refractivity contribution in [2.45, 2.75) is 25.8 Å². The van der Waals surface area contributed by atoms with Crippen LogP contribution in [0.5, 0.6) is 0 Å². The molecule has 0 rings (SSSR count). The van der Waals surface area contributed by atoms with E-state index in [2.05, 4.69) is 5.32 Å². The number of nitrogens with two attached hydrogens (primary N) is 1. The van der Waals surface area contributed by atoms with Gasteiger partial charge in [0.05, 0.1) is 11.8 Å². The Balaban J connectivity index is 3.61. The average Bonchev–Trinajstić information content (AvgIpc) is 2.09. The smallest absolute Gasteiger partial charge is 0.236 e. The van der Waals surface area contributed by atoms with Crippen molar-refractivity contribution >= 4 is 15.7 Å². The van der Waals surface area contributed by atoms with Gasteiger partial charge in [-0.2, -0.15) is 0 Å². The standard InChI is InChI=1S/C8H18N2O3S/c1-3-7(9)8(11)10-5-4-6-14(2,12)13/h7H,3-6,9H2,1-2H3,(H,10,11)/t7-/m0/s1. The Hall–Kier alpha value is -0.620. The molecule has 0 fully saturated rings.